The lowest BCUT2D eigenvalue weighted by atomic mass is 9.43. The van der Waals surface area contributed by atoms with Gasteiger partial charge in [-0.1, -0.05) is 20.8 Å². The van der Waals surface area contributed by atoms with Gasteiger partial charge in [-0.2, -0.15) is 0 Å². The van der Waals surface area contributed by atoms with Gasteiger partial charge in [-0.3, -0.25) is 9.59 Å². The third-order valence-electron chi connectivity index (χ3n) is 8.89. The summed E-state index contributed by atoms with van der Waals surface area (Å²) in [5.74, 6) is -0.792. The van der Waals surface area contributed by atoms with Gasteiger partial charge in [-0.25, -0.2) is 0 Å². The molecule has 3 aliphatic carbocycles. The van der Waals surface area contributed by atoms with Crippen LogP contribution < -0.4 is 0 Å². The van der Waals surface area contributed by atoms with E-state index in [4.69, 9.17) is 9.47 Å². The quantitative estimate of drug-likeness (QED) is 0.497. The summed E-state index contributed by atoms with van der Waals surface area (Å²) in [5.41, 5.74) is -2.26. The Bertz CT molecular complexity index is 688. The van der Waals surface area contributed by atoms with Crippen LogP contribution >= 0.6 is 0 Å². The molecule has 3 saturated carbocycles. The number of carbonyl (C=O) groups excluding carboxylic acids is 2. The molecule has 0 radical (unpaired) electrons. The number of carbonyl (C=O) groups is 2. The summed E-state index contributed by atoms with van der Waals surface area (Å²) >= 11 is 0. The molecule has 5 fully saturated rings. The van der Waals surface area contributed by atoms with E-state index >= 15 is 0 Å². The monoisotopic (exact) mass is 364 g/mol. The van der Waals surface area contributed by atoms with Crippen LogP contribution in [0.2, 0.25) is 0 Å². The highest BCUT2D eigenvalue weighted by molar-refractivity contribution is 6.07. The smallest absolute Gasteiger partial charge is 0.320 e. The number of Topliss-reactive ketones (excluding diaryl/α,β-unsaturated/α-hetero) is 1. The van der Waals surface area contributed by atoms with E-state index < -0.39 is 40.7 Å². The van der Waals surface area contributed by atoms with Gasteiger partial charge in [0, 0.05) is 23.7 Å². The first-order valence-electron chi connectivity index (χ1n) is 9.90. The van der Waals surface area contributed by atoms with Crippen molar-refractivity contribution in [3.8, 4) is 0 Å². The largest absolute Gasteiger partial charge is 0.461 e. The van der Waals surface area contributed by atoms with Gasteiger partial charge in [-0.15, -0.1) is 0 Å². The molecule has 0 aromatic rings. The highest BCUT2D eigenvalue weighted by Gasteiger charge is 2.78. The summed E-state index contributed by atoms with van der Waals surface area (Å²) < 4.78 is 11.6. The number of ketones is 1. The van der Waals surface area contributed by atoms with Crippen LogP contribution in [-0.2, 0) is 19.1 Å². The molecule has 5 aliphatic rings. The summed E-state index contributed by atoms with van der Waals surface area (Å²) in [6, 6.07) is 0. The fraction of sp³-hybridized carbons (Fsp3) is 0.900. The third-order valence-corrected chi connectivity index (χ3v) is 8.89. The number of hydrogen-bond acceptors (Lipinski definition) is 6. The molecule has 6 heteroatoms. The lowest BCUT2D eigenvalue weighted by Crippen LogP contribution is -2.70. The number of fused-ring (bicyclic) bond motifs is 1. The zero-order chi connectivity index (χ0) is 18.6. The lowest BCUT2D eigenvalue weighted by molar-refractivity contribution is -0.253. The van der Waals surface area contributed by atoms with Crippen molar-refractivity contribution in [2.24, 2.45) is 39.9 Å². The molecule has 144 valence electrons. The highest BCUT2D eigenvalue weighted by atomic mass is 16.6. The van der Waals surface area contributed by atoms with Gasteiger partial charge in [0.05, 0.1) is 12.7 Å². The zero-order valence-electron chi connectivity index (χ0n) is 15.6. The molecule has 0 aromatic carbocycles. The van der Waals surface area contributed by atoms with Crippen LogP contribution in [0.4, 0.5) is 0 Å². The van der Waals surface area contributed by atoms with Gasteiger partial charge in [0.15, 0.2) is 12.1 Å². The summed E-state index contributed by atoms with van der Waals surface area (Å²) in [4.78, 5) is 26.4. The van der Waals surface area contributed by atoms with E-state index in [0.29, 0.717) is 12.8 Å². The van der Waals surface area contributed by atoms with Crippen molar-refractivity contribution in [1.82, 2.24) is 0 Å². The van der Waals surface area contributed by atoms with Crippen LogP contribution in [0, 0.1) is 39.9 Å². The zero-order valence-corrected chi connectivity index (χ0v) is 15.6. The van der Waals surface area contributed by atoms with Gasteiger partial charge >= 0.3 is 5.97 Å². The molecule has 2 heterocycles. The third kappa shape index (κ3) is 1.62. The number of esters is 1. The molecule has 6 nitrogen and oxygen atoms in total. The molecule has 2 N–H and O–H groups in total. The van der Waals surface area contributed by atoms with Crippen molar-refractivity contribution in [2.75, 3.05) is 6.61 Å². The predicted molar refractivity (Wildman–Crippen MR) is 89.6 cm³/mol. The van der Waals surface area contributed by atoms with E-state index in [2.05, 4.69) is 0 Å². The maximum atomic E-state index is 13.3. The average Bonchev–Trinajstić information content (AvgIpc) is 3.03. The minimum absolute atomic E-state index is 0.0203. The SMILES string of the molecule is CC1C(=O)C23CC1CCC2C12COC(O)C1C(C)(C)C(O)CC2OC3=O. The van der Waals surface area contributed by atoms with Crippen molar-refractivity contribution in [3.05, 3.63) is 0 Å². The van der Waals surface area contributed by atoms with Gasteiger partial charge in [-0.05, 0) is 36.5 Å². The van der Waals surface area contributed by atoms with Crippen LogP contribution in [0.1, 0.15) is 46.5 Å². The van der Waals surface area contributed by atoms with E-state index in [1.807, 2.05) is 20.8 Å². The molecule has 2 saturated heterocycles. The molecular formula is C20H28O6. The Balaban J connectivity index is 1.71. The van der Waals surface area contributed by atoms with Crippen LogP contribution in [0.15, 0.2) is 0 Å². The van der Waals surface area contributed by atoms with Gasteiger partial charge in [0.2, 0.25) is 0 Å². The summed E-state index contributed by atoms with van der Waals surface area (Å²) in [7, 11) is 0. The second-order valence-corrected chi connectivity index (χ2v) is 9.98. The van der Waals surface area contributed by atoms with E-state index in [1.54, 1.807) is 0 Å². The Morgan fingerprint density at radius 2 is 1.88 bits per heavy atom. The van der Waals surface area contributed by atoms with E-state index in [-0.39, 0.29) is 36.1 Å². The number of aliphatic hydroxyl groups is 2. The first-order valence-corrected chi connectivity index (χ1v) is 9.90. The maximum Gasteiger partial charge on any atom is 0.320 e. The fourth-order valence-corrected chi connectivity index (χ4v) is 7.56. The van der Waals surface area contributed by atoms with Crippen molar-refractivity contribution in [2.45, 2.75) is 65.0 Å². The van der Waals surface area contributed by atoms with E-state index in [0.717, 1.165) is 12.8 Å². The van der Waals surface area contributed by atoms with Crippen LogP contribution in [0.3, 0.4) is 0 Å². The Kier molecular flexibility index (Phi) is 3.22. The maximum absolute atomic E-state index is 13.3. The molecule has 2 aliphatic heterocycles. The Hall–Kier alpha value is -0.980. The van der Waals surface area contributed by atoms with Crippen molar-refractivity contribution < 1.29 is 29.3 Å². The highest BCUT2D eigenvalue weighted by Crippen LogP contribution is 2.71. The molecule has 26 heavy (non-hydrogen) atoms. The first-order chi connectivity index (χ1) is 12.2. The predicted octanol–water partition coefficient (Wildman–Crippen LogP) is 1.28. The van der Waals surface area contributed by atoms with Crippen LogP contribution in [0.5, 0.6) is 0 Å². The topological polar surface area (TPSA) is 93.1 Å². The second-order valence-electron chi connectivity index (χ2n) is 9.98. The second kappa shape index (κ2) is 4.89. The van der Waals surface area contributed by atoms with Crippen molar-refractivity contribution >= 4 is 11.8 Å². The minimum atomic E-state index is -1.08. The molecule has 2 bridgehead atoms. The fourth-order valence-electron chi connectivity index (χ4n) is 7.56. The Labute approximate surface area is 153 Å². The number of rotatable bonds is 0. The average molecular weight is 364 g/mol. The molecule has 9 unspecified atom stereocenters. The molecular weight excluding hydrogens is 336 g/mol. The summed E-state index contributed by atoms with van der Waals surface area (Å²) in [6.07, 6.45) is 0.400. The molecule has 5 rings (SSSR count). The minimum Gasteiger partial charge on any atom is -0.461 e. The molecule has 0 amide bonds. The number of ether oxygens (including phenoxy) is 2. The Morgan fingerprint density at radius 1 is 1.15 bits per heavy atom. The summed E-state index contributed by atoms with van der Waals surface area (Å²) in [5, 5.41) is 21.4. The first kappa shape index (κ1) is 17.1. The molecule has 2 spiro atoms. The normalized spacial score (nSPS) is 57.2. The Morgan fingerprint density at radius 3 is 2.62 bits per heavy atom. The number of aliphatic hydroxyl groups excluding tert-OH is 2. The van der Waals surface area contributed by atoms with Crippen LogP contribution in [-0.4, -0.2) is 47.1 Å². The van der Waals surface area contributed by atoms with E-state index in [1.165, 1.54) is 0 Å². The van der Waals surface area contributed by atoms with Crippen LogP contribution in [0.25, 0.3) is 0 Å². The van der Waals surface area contributed by atoms with Gasteiger partial charge in [0.25, 0.3) is 0 Å². The van der Waals surface area contributed by atoms with Crippen molar-refractivity contribution in [1.29, 1.82) is 0 Å². The van der Waals surface area contributed by atoms with Crippen molar-refractivity contribution in [3.63, 3.8) is 0 Å². The summed E-state index contributed by atoms with van der Waals surface area (Å²) in [6.45, 7) is 6.12. The number of hydrogen-bond donors (Lipinski definition) is 2. The van der Waals surface area contributed by atoms with E-state index in [9.17, 15) is 19.8 Å². The van der Waals surface area contributed by atoms with Gasteiger partial charge < -0.3 is 19.7 Å². The standard InChI is InChI=1S/C20H28O6/c1-9-10-4-5-11-19(7-10,15(9)22)17(24)26-13-6-12(21)18(2,3)14-16(23)25-8-20(11,13)14/h9-14,16,21,23H,4-8H2,1-3H3. The molecule has 0 aromatic heterocycles. The lowest BCUT2D eigenvalue weighted by Gasteiger charge is -2.62. The van der Waals surface area contributed by atoms with Gasteiger partial charge in [0.1, 0.15) is 11.5 Å². The molecule has 9 atom stereocenters.